The molecular weight excluding hydrogens is 467 g/mol. The third kappa shape index (κ3) is 5.68. The average molecular weight is 493 g/mol. The van der Waals surface area contributed by atoms with Crippen LogP contribution in [0.4, 0.5) is 10.1 Å². The predicted octanol–water partition coefficient (Wildman–Crippen LogP) is 5.63. The Morgan fingerprint density at radius 3 is 2.63 bits per heavy atom. The predicted molar refractivity (Wildman–Crippen MR) is 134 cm³/mol. The minimum atomic E-state index is -0.574. The van der Waals surface area contributed by atoms with Crippen molar-refractivity contribution in [3.05, 3.63) is 83.8 Å². The van der Waals surface area contributed by atoms with Gasteiger partial charge in [0, 0.05) is 17.6 Å². The number of aromatic nitrogens is 3. The van der Waals surface area contributed by atoms with E-state index in [1.54, 1.807) is 49.5 Å². The molecule has 1 atom stereocenters. The topological polar surface area (TPSA) is 86.1 Å². The summed E-state index contributed by atoms with van der Waals surface area (Å²) in [7, 11) is 0. The molecule has 0 saturated carbocycles. The number of halogens is 1. The Kier molecular flexibility index (Phi) is 7.77. The van der Waals surface area contributed by atoms with Gasteiger partial charge in [-0.1, -0.05) is 30.8 Å². The molecule has 0 aliphatic rings. The Balaban J connectivity index is 1.58. The van der Waals surface area contributed by atoms with E-state index in [9.17, 15) is 14.0 Å². The Bertz CT molecular complexity index is 1340. The average Bonchev–Trinajstić information content (AvgIpc) is 3.22. The van der Waals surface area contributed by atoms with E-state index in [2.05, 4.69) is 10.3 Å². The van der Waals surface area contributed by atoms with E-state index < -0.39 is 12.0 Å². The van der Waals surface area contributed by atoms with Gasteiger partial charge in [0.25, 0.3) is 0 Å². The smallest absolute Gasteiger partial charge is 0.338 e. The highest BCUT2D eigenvalue weighted by Gasteiger charge is 2.25. The van der Waals surface area contributed by atoms with Crippen molar-refractivity contribution in [2.45, 2.75) is 37.2 Å². The van der Waals surface area contributed by atoms with Gasteiger partial charge in [-0.3, -0.25) is 9.36 Å². The summed E-state index contributed by atoms with van der Waals surface area (Å²) in [5.41, 5.74) is 3.08. The SMILES string of the molecule is CCOC(=O)c1ccc(NC(=O)[C@H](CC)n2c(SCc3cccc(F)c3)nc3cccnc32)cc1. The van der Waals surface area contributed by atoms with Gasteiger partial charge in [0.15, 0.2) is 10.8 Å². The van der Waals surface area contributed by atoms with Crippen LogP contribution in [0, 0.1) is 5.82 Å². The standard InChI is InChI=1S/C26H25FN4O3S/c1-3-22(24(32)29-20-12-10-18(11-13-20)25(33)34-4-2)31-23-21(9-6-14-28-23)30-26(31)35-16-17-7-5-8-19(27)15-17/h5-15,22H,3-4,16H2,1-2H3,(H,29,32)/t22-/m0/s1. The van der Waals surface area contributed by atoms with Gasteiger partial charge in [-0.2, -0.15) is 0 Å². The number of fused-ring (bicyclic) bond motifs is 1. The molecule has 0 unspecified atom stereocenters. The van der Waals surface area contributed by atoms with E-state index in [0.717, 1.165) is 5.56 Å². The molecule has 4 rings (SSSR count). The maximum absolute atomic E-state index is 13.6. The molecule has 2 aromatic heterocycles. The lowest BCUT2D eigenvalue weighted by atomic mass is 10.1. The van der Waals surface area contributed by atoms with E-state index in [-0.39, 0.29) is 11.7 Å². The Hall–Kier alpha value is -3.72. The maximum Gasteiger partial charge on any atom is 0.338 e. The summed E-state index contributed by atoms with van der Waals surface area (Å²) < 4.78 is 20.5. The maximum atomic E-state index is 13.6. The lowest BCUT2D eigenvalue weighted by molar-refractivity contribution is -0.119. The summed E-state index contributed by atoms with van der Waals surface area (Å²) in [6.45, 7) is 3.96. The number of ether oxygens (including phenoxy) is 1. The van der Waals surface area contributed by atoms with Crippen LogP contribution in [-0.4, -0.2) is 33.0 Å². The van der Waals surface area contributed by atoms with Crippen molar-refractivity contribution in [3.8, 4) is 0 Å². The summed E-state index contributed by atoms with van der Waals surface area (Å²) in [6.07, 6.45) is 2.17. The number of hydrogen-bond acceptors (Lipinski definition) is 6. The first kappa shape index (κ1) is 24.4. The monoisotopic (exact) mass is 492 g/mol. The van der Waals surface area contributed by atoms with E-state index in [1.807, 2.05) is 23.6 Å². The Morgan fingerprint density at radius 2 is 1.91 bits per heavy atom. The van der Waals surface area contributed by atoms with E-state index in [4.69, 9.17) is 9.72 Å². The van der Waals surface area contributed by atoms with Crippen LogP contribution in [0.15, 0.2) is 72.0 Å². The molecule has 0 saturated heterocycles. The summed E-state index contributed by atoms with van der Waals surface area (Å²) in [5, 5.41) is 3.55. The first-order valence-electron chi connectivity index (χ1n) is 11.3. The van der Waals surface area contributed by atoms with Crippen molar-refractivity contribution >= 4 is 40.5 Å². The fourth-order valence-electron chi connectivity index (χ4n) is 3.68. The fraction of sp³-hybridized carbons (Fsp3) is 0.231. The first-order chi connectivity index (χ1) is 17.0. The number of thioether (sulfide) groups is 1. The minimum absolute atomic E-state index is 0.228. The van der Waals surface area contributed by atoms with E-state index in [1.165, 1.54) is 23.9 Å². The number of pyridine rings is 1. The van der Waals surface area contributed by atoms with Crippen LogP contribution in [-0.2, 0) is 15.3 Å². The number of nitrogens with zero attached hydrogens (tertiary/aromatic N) is 3. The molecular formula is C26H25FN4O3S. The molecule has 0 aliphatic heterocycles. The molecule has 180 valence electrons. The minimum Gasteiger partial charge on any atom is -0.462 e. The highest BCUT2D eigenvalue weighted by molar-refractivity contribution is 7.98. The van der Waals surface area contributed by atoms with Crippen molar-refractivity contribution in [3.63, 3.8) is 0 Å². The number of hydrogen-bond donors (Lipinski definition) is 1. The van der Waals surface area contributed by atoms with Gasteiger partial charge >= 0.3 is 5.97 Å². The van der Waals surface area contributed by atoms with Gasteiger partial charge in [-0.25, -0.2) is 19.2 Å². The largest absolute Gasteiger partial charge is 0.462 e. The lowest BCUT2D eigenvalue weighted by Crippen LogP contribution is -2.26. The number of carbonyl (C=O) groups is 2. The normalized spacial score (nSPS) is 11.9. The number of carbonyl (C=O) groups excluding carboxylic acids is 2. The zero-order valence-corrected chi connectivity index (χ0v) is 20.2. The van der Waals surface area contributed by atoms with Crippen LogP contribution in [0.2, 0.25) is 0 Å². The van der Waals surface area contributed by atoms with Gasteiger partial charge in [0.2, 0.25) is 5.91 Å². The molecule has 0 radical (unpaired) electrons. The lowest BCUT2D eigenvalue weighted by Gasteiger charge is -2.19. The van der Waals surface area contributed by atoms with Crippen LogP contribution < -0.4 is 5.32 Å². The second kappa shape index (κ2) is 11.1. The van der Waals surface area contributed by atoms with Gasteiger partial charge in [-0.05, 0) is 67.4 Å². The van der Waals surface area contributed by atoms with E-state index >= 15 is 0 Å². The van der Waals surface area contributed by atoms with Crippen LogP contribution in [0.1, 0.15) is 42.2 Å². The molecule has 0 aliphatic carbocycles. The number of anilines is 1. The van der Waals surface area contributed by atoms with Gasteiger partial charge in [0.05, 0.1) is 12.2 Å². The number of imidazole rings is 1. The number of amides is 1. The second-order valence-electron chi connectivity index (χ2n) is 7.74. The Morgan fingerprint density at radius 1 is 1.11 bits per heavy atom. The van der Waals surface area contributed by atoms with Gasteiger partial charge in [-0.15, -0.1) is 0 Å². The molecule has 9 heteroatoms. The molecule has 7 nitrogen and oxygen atoms in total. The number of rotatable bonds is 9. The van der Waals surface area contributed by atoms with E-state index in [0.29, 0.717) is 46.4 Å². The van der Waals surface area contributed by atoms with Crippen molar-refractivity contribution in [2.75, 3.05) is 11.9 Å². The van der Waals surface area contributed by atoms with Gasteiger partial charge < -0.3 is 10.1 Å². The van der Waals surface area contributed by atoms with Crippen molar-refractivity contribution in [1.82, 2.24) is 14.5 Å². The molecule has 0 bridgehead atoms. The van der Waals surface area contributed by atoms with Crippen LogP contribution in [0.3, 0.4) is 0 Å². The zero-order valence-electron chi connectivity index (χ0n) is 19.4. The van der Waals surface area contributed by atoms with Crippen molar-refractivity contribution in [1.29, 1.82) is 0 Å². The molecule has 2 aromatic carbocycles. The van der Waals surface area contributed by atoms with Crippen molar-refractivity contribution in [2.24, 2.45) is 0 Å². The quantitative estimate of drug-likeness (QED) is 0.241. The molecule has 35 heavy (non-hydrogen) atoms. The van der Waals surface area contributed by atoms with Crippen LogP contribution in [0.5, 0.6) is 0 Å². The third-order valence-corrected chi connectivity index (χ3v) is 6.36. The molecule has 4 aromatic rings. The van der Waals surface area contributed by atoms with Crippen LogP contribution in [0.25, 0.3) is 11.2 Å². The molecule has 0 spiro atoms. The first-order valence-corrected chi connectivity index (χ1v) is 12.3. The molecule has 0 fully saturated rings. The number of benzene rings is 2. The highest BCUT2D eigenvalue weighted by atomic mass is 32.2. The van der Waals surface area contributed by atoms with Crippen molar-refractivity contribution < 1.29 is 18.7 Å². The Labute approximate surface area is 206 Å². The van der Waals surface area contributed by atoms with Crippen LogP contribution >= 0.6 is 11.8 Å². The zero-order chi connectivity index (χ0) is 24.8. The summed E-state index contributed by atoms with van der Waals surface area (Å²) in [6, 6.07) is 16.1. The molecule has 1 amide bonds. The third-order valence-electron chi connectivity index (χ3n) is 5.34. The molecule has 2 heterocycles. The fourth-order valence-corrected chi connectivity index (χ4v) is 4.67. The number of esters is 1. The summed E-state index contributed by atoms with van der Waals surface area (Å²) in [4.78, 5) is 34.4. The number of nitrogens with one attached hydrogen (secondary N) is 1. The molecule has 1 N–H and O–H groups in total. The second-order valence-corrected chi connectivity index (χ2v) is 8.68. The van der Waals surface area contributed by atoms with Gasteiger partial charge in [0.1, 0.15) is 17.4 Å². The summed E-state index contributed by atoms with van der Waals surface area (Å²) >= 11 is 1.43. The highest BCUT2D eigenvalue weighted by Crippen LogP contribution is 2.31. The summed E-state index contributed by atoms with van der Waals surface area (Å²) in [5.74, 6) is -0.436.